The molecular weight excluding hydrogens is 193 g/mol. The molecule has 0 unspecified atom stereocenters. The molecule has 2 aromatic rings. The molecule has 1 N–H and O–H groups in total. The first kappa shape index (κ1) is 8.26. The first-order valence-electron chi connectivity index (χ1n) is 3.65. The molecule has 0 saturated carbocycles. The van der Waals surface area contributed by atoms with Gasteiger partial charge in [0.05, 0.1) is 10.5 Å². The largest absolute Gasteiger partial charge is 0.321 e. The zero-order chi connectivity index (χ0) is 9.42. The molecule has 66 valence electrons. The van der Waals surface area contributed by atoms with Crippen molar-refractivity contribution < 1.29 is 4.39 Å². The van der Waals surface area contributed by atoms with Crippen molar-refractivity contribution >= 4 is 22.5 Å². The fourth-order valence-corrected chi connectivity index (χ4v) is 1.45. The molecule has 0 aliphatic rings. The third kappa shape index (κ3) is 1.42. The number of pyridine rings is 1. The monoisotopic (exact) mass is 197 g/mol. The second kappa shape index (κ2) is 2.85. The Morgan fingerprint density at radius 1 is 1.31 bits per heavy atom. The number of H-pyrrole nitrogens is 1. The topological polar surface area (TPSA) is 32.9 Å². The summed E-state index contributed by atoms with van der Waals surface area (Å²) in [5.74, 6) is -0.412. The number of nitrogens with one attached hydrogen (secondary N) is 1. The first-order chi connectivity index (χ1) is 6.16. The van der Waals surface area contributed by atoms with Crippen LogP contribution in [0.3, 0.4) is 0 Å². The molecule has 2 nitrogen and oxygen atoms in total. The standard InChI is InChI=1S/C9H5ClFNO/c10-7-4-6(11)3-5-1-2-8(13)12-9(5)7/h1-4H,(H,12,13). The lowest BCUT2D eigenvalue weighted by Gasteiger charge is -1.99. The molecule has 0 radical (unpaired) electrons. The lowest BCUT2D eigenvalue weighted by Crippen LogP contribution is -2.02. The molecule has 0 saturated heterocycles. The van der Waals surface area contributed by atoms with Gasteiger partial charge in [0.15, 0.2) is 0 Å². The Morgan fingerprint density at radius 2 is 2.08 bits per heavy atom. The number of rotatable bonds is 0. The van der Waals surface area contributed by atoms with Gasteiger partial charge in [-0.05, 0) is 18.2 Å². The molecule has 0 aliphatic carbocycles. The fraction of sp³-hybridized carbons (Fsp3) is 0. The summed E-state index contributed by atoms with van der Waals surface area (Å²) in [6.45, 7) is 0. The Hall–Kier alpha value is -1.35. The van der Waals surface area contributed by atoms with E-state index in [-0.39, 0.29) is 10.6 Å². The van der Waals surface area contributed by atoms with Gasteiger partial charge in [0.1, 0.15) is 5.82 Å². The van der Waals surface area contributed by atoms with Crippen molar-refractivity contribution in [1.82, 2.24) is 4.98 Å². The van der Waals surface area contributed by atoms with Crippen molar-refractivity contribution in [2.45, 2.75) is 0 Å². The highest BCUT2D eigenvalue weighted by molar-refractivity contribution is 6.35. The molecule has 0 atom stereocenters. The van der Waals surface area contributed by atoms with E-state index in [0.29, 0.717) is 10.9 Å². The van der Waals surface area contributed by atoms with Crippen LogP contribution in [0.25, 0.3) is 10.9 Å². The second-order valence-electron chi connectivity index (χ2n) is 2.67. The number of aromatic amines is 1. The minimum Gasteiger partial charge on any atom is -0.321 e. The average molecular weight is 198 g/mol. The normalized spacial score (nSPS) is 10.6. The Morgan fingerprint density at radius 3 is 2.85 bits per heavy atom. The summed E-state index contributed by atoms with van der Waals surface area (Å²) >= 11 is 5.72. The lowest BCUT2D eigenvalue weighted by molar-refractivity contribution is 0.629. The van der Waals surface area contributed by atoms with Crippen LogP contribution in [-0.4, -0.2) is 4.98 Å². The Kier molecular flexibility index (Phi) is 1.81. The van der Waals surface area contributed by atoms with Gasteiger partial charge >= 0.3 is 0 Å². The molecule has 1 heterocycles. The number of fused-ring (bicyclic) bond motifs is 1. The molecule has 0 fully saturated rings. The minimum absolute atomic E-state index is 0.215. The van der Waals surface area contributed by atoms with Gasteiger partial charge in [0.2, 0.25) is 5.56 Å². The maximum Gasteiger partial charge on any atom is 0.248 e. The Labute approximate surface area is 78.0 Å². The number of benzene rings is 1. The second-order valence-corrected chi connectivity index (χ2v) is 3.08. The van der Waals surface area contributed by atoms with Crippen LogP contribution in [0.5, 0.6) is 0 Å². The van der Waals surface area contributed by atoms with E-state index < -0.39 is 5.82 Å². The molecule has 13 heavy (non-hydrogen) atoms. The Bertz CT molecular complexity index is 520. The van der Waals surface area contributed by atoms with Crippen LogP contribution in [-0.2, 0) is 0 Å². The number of hydrogen-bond acceptors (Lipinski definition) is 1. The van der Waals surface area contributed by atoms with E-state index in [9.17, 15) is 9.18 Å². The lowest BCUT2D eigenvalue weighted by atomic mass is 10.2. The third-order valence-corrected chi connectivity index (χ3v) is 2.05. The van der Waals surface area contributed by atoms with E-state index in [1.165, 1.54) is 24.3 Å². The van der Waals surface area contributed by atoms with Crippen LogP contribution < -0.4 is 5.56 Å². The third-order valence-electron chi connectivity index (χ3n) is 1.75. The van der Waals surface area contributed by atoms with Crippen molar-refractivity contribution in [3.8, 4) is 0 Å². The number of aromatic nitrogens is 1. The highest BCUT2D eigenvalue weighted by atomic mass is 35.5. The van der Waals surface area contributed by atoms with Crippen molar-refractivity contribution in [3.63, 3.8) is 0 Å². The van der Waals surface area contributed by atoms with Crippen molar-refractivity contribution in [3.05, 3.63) is 45.5 Å². The highest BCUT2D eigenvalue weighted by Gasteiger charge is 2.02. The molecule has 4 heteroatoms. The molecule has 1 aromatic heterocycles. The quantitative estimate of drug-likeness (QED) is 0.691. The number of hydrogen-bond donors (Lipinski definition) is 1. The molecule has 0 spiro atoms. The van der Waals surface area contributed by atoms with Crippen LogP contribution in [0.4, 0.5) is 4.39 Å². The number of halogens is 2. The molecule has 0 amide bonds. The predicted octanol–water partition coefficient (Wildman–Crippen LogP) is 2.32. The summed E-state index contributed by atoms with van der Waals surface area (Å²) < 4.78 is 12.8. The minimum atomic E-state index is -0.412. The van der Waals surface area contributed by atoms with Crippen LogP contribution in [0, 0.1) is 5.82 Å². The van der Waals surface area contributed by atoms with Crippen LogP contribution in [0.2, 0.25) is 5.02 Å². The van der Waals surface area contributed by atoms with Gasteiger partial charge in [-0.3, -0.25) is 4.79 Å². The average Bonchev–Trinajstić information content (AvgIpc) is 2.06. The van der Waals surface area contributed by atoms with Gasteiger partial charge in [-0.15, -0.1) is 0 Å². The fourth-order valence-electron chi connectivity index (χ4n) is 1.19. The van der Waals surface area contributed by atoms with E-state index in [0.717, 1.165) is 0 Å². The maximum absolute atomic E-state index is 12.8. The molecule has 0 bridgehead atoms. The van der Waals surface area contributed by atoms with E-state index in [1.807, 2.05) is 0 Å². The van der Waals surface area contributed by atoms with Crippen LogP contribution >= 0.6 is 11.6 Å². The van der Waals surface area contributed by atoms with Gasteiger partial charge in [0, 0.05) is 11.5 Å². The van der Waals surface area contributed by atoms with Gasteiger partial charge < -0.3 is 4.98 Å². The zero-order valence-corrected chi connectivity index (χ0v) is 7.23. The summed E-state index contributed by atoms with van der Waals surface area (Å²) in [5.41, 5.74) is 0.219. The van der Waals surface area contributed by atoms with Gasteiger partial charge in [-0.1, -0.05) is 11.6 Å². The van der Waals surface area contributed by atoms with E-state index in [4.69, 9.17) is 11.6 Å². The summed E-state index contributed by atoms with van der Waals surface area (Å²) in [6.07, 6.45) is 0. The summed E-state index contributed by atoms with van der Waals surface area (Å²) in [6, 6.07) is 5.35. The maximum atomic E-state index is 12.8. The van der Waals surface area contributed by atoms with Gasteiger partial charge in [0.25, 0.3) is 0 Å². The molecule has 0 aliphatic heterocycles. The summed E-state index contributed by atoms with van der Waals surface area (Å²) in [5, 5.41) is 0.803. The first-order valence-corrected chi connectivity index (χ1v) is 4.03. The van der Waals surface area contributed by atoms with Crippen LogP contribution in [0.15, 0.2) is 29.1 Å². The van der Waals surface area contributed by atoms with Crippen molar-refractivity contribution in [1.29, 1.82) is 0 Å². The Balaban J connectivity index is 2.95. The smallest absolute Gasteiger partial charge is 0.248 e. The molecular formula is C9H5ClFNO. The van der Waals surface area contributed by atoms with Crippen LogP contribution in [0.1, 0.15) is 0 Å². The molecule has 2 rings (SSSR count). The van der Waals surface area contributed by atoms with E-state index in [1.54, 1.807) is 0 Å². The summed E-state index contributed by atoms with van der Waals surface area (Å²) in [7, 11) is 0. The highest BCUT2D eigenvalue weighted by Crippen LogP contribution is 2.21. The zero-order valence-electron chi connectivity index (χ0n) is 6.47. The van der Waals surface area contributed by atoms with E-state index in [2.05, 4.69) is 4.98 Å². The van der Waals surface area contributed by atoms with Crippen molar-refractivity contribution in [2.24, 2.45) is 0 Å². The van der Waals surface area contributed by atoms with E-state index >= 15 is 0 Å². The van der Waals surface area contributed by atoms with Gasteiger partial charge in [-0.25, -0.2) is 4.39 Å². The molecule has 1 aromatic carbocycles. The summed E-state index contributed by atoms with van der Waals surface area (Å²) in [4.78, 5) is 13.4. The predicted molar refractivity (Wildman–Crippen MR) is 49.5 cm³/mol. The van der Waals surface area contributed by atoms with Crippen molar-refractivity contribution in [2.75, 3.05) is 0 Å². The SMILES string of the molecule is O=c1ccc2cc(F)cc(Cl)c2[nH]1. The van der Waals surface area contributed by atoms with Gasteiger partial charge in [-0.2, -0.15) is 0 Å².